The molecule has 1 aromatic heterocycles. The molecule has 0 saturated carbocycles. The smallest absolute Gasteiger partial charge is 0.0360 e. The van der Waals surface area contributed by atoms with Crippen LogP contribution in [0.25, 0.3) is 0 Å². The third-order valence-corrected chi connectivity index (χ3v) is 3.79. The fourth-order valence-corrected chi connectivity index (χ4v) is 2.97. The molecular formula is C14H24N2. The lowest BCUT2D eigenvalue weighted by Crippen LogP contribution is -2.35. The van der Waals surface area contributed by atoms with Crippen LogP contribution in [-0.2, 0) is 0 Å². The minimum atomic E-state index is 0.739. The molecular weight excluding hydrogens is 196 g/mol. The fourth-order valence-electron chi connectivity index (χ4n) is 2.97. The van der Waals surface area contributed by atoms with Crippen LogP contribution in [0.5, 0.6) is 0 Å². The van der Waals surface area contributed by atoms with Crippen molar-refractivity contribution in [3.8, 4) is 0 Å². The Kier molecular flexibility index (Phi) is 3.70. The van der Waals surface area contributed by atoms with Crippen molar-refractivity contribution >= 4 is 0 Å². The van der Waals surface area contributed by atoms with Crippen molar-refractivity contribution in [2.24, 2.45) is 0 Å². The second kappa shape index (κ2) is 5.05. The van der Waals surface area contributed by atoms with Crippen molar-refractivity contribution in [1.82, 2.24) is 9.47 Å². The van der Waals surface area contributed by atoms with Crippen molar-refractivity contribution < 1.29 is 0 Å². The zero-order valence-corrected chi connectivity index (χ0v) is 10.9. The molecule has 0 spiro atoms. The van der Waals surface area contributed by atoms with Gasteiger partial charge in [-0.2, -0.15) is 0 Å². The van der Waals surface area contributed by atoms with Gasteiger partial charge in [0.25, 0.3) is 0 Å². The molecule has 0 amide bonds. The summed E-state index contributed by atoms with van der Waals surface area (Å²) in [6.45, 7) is 10.5. The Hall–Kier alpha value is -0.760. The van der Waals surface area contributed by atoms with Gasteiger partial charge in [0.2, 0.25) is 0 Å². The molecule has 90 valence electrons. The summed E-state index contributed by atoms with van der Waals surface area (Å²) in [7, 11) is 0. The van der Waals surface area contributed by atoms with Crippen LogP contribution in [-0.4, -0.2) is 29.1 Å². The highest BCUT2D eigenvalue weighted by atomic mass is 15.1. The molecule has 0 aromatic carbocycles. The number of aryl methyl sites for hydroxylation is 2. The number of hydrogen-bond acceptors (Lipinski definition) is 1. The van der Waals surface area contributed by atoms with E-state index in [2.05, 4.69) is 42.4 Å². The highest BCUT2D eigenvalue weighted by molar-refractivity contribution is 5.15. The van der Waals surface area contributed by atoms with E-state index in [4.69, 9.17) is 0 Å². The van der Waals surface area contributed by atoms with Gasteiger partial charge in [-0.15, -0.1) is 0 Å². The Bertz CT molecular complexity index is 313. The Morgan fingerprint density at radius 1 is 1.12 bits per heavy atom. The van der Waals surface area contributed by atoms with Crippen LogP contribution in [0.4, 0.5) is 0 Å². The van der Waals surface area contributed by atoms with E-state index >= 15 is 0 Å². The summed E-state index contributed by atoms with van der Waals surface area (Å²) >= 11 is 0. The van der Waals surface area contributed by atoms with Gasteiger partial charge >= 0.3 is 0 Å². The second-order valence-electron chi connectivity index (χ2n) is 5.06. The molecule has 16 heavy (non-hydrogen) atoms. The van der Waals surface area contributed by atoms with E-state index in [9.17, 15) is 0 Å². The average molecular weight is 220 g/mol. The van der Waals surface area contributed by atoms with Crippen molar-refractivity contribution in [1.29, 1.82) is 0 Å². The minimum Gasteiger partial charge on any atom is -0.346 e. The van der Waals surface area contributed by atoms with Crippen LogP contribution in [0.15, 0.2) is 12.1 Å². The van der Waals surface area contributed by atoms with E-state index < -0.39 is 0 Å². The van der Waals surface area contributed by atoms with Crippen molar-refractivity contribution in [3.05, 3.63) is 23.5 Å². The molecule has 1 aliphatic rings. The Labute approximate surface area is 99.3 Å². The van der Waals surface area contributed by atoms with E-state index in [0.717, 1.165) is 6.04 Å². The average Bonchev–Trinajstić information content (AvgIpc) is 2.61. The predicted molar refractivity (Wildman–Crippen MR) is 68.9 cm³/mol. The highest BCUT2D eigenvalue weighted by Gasteiger charge is 2.21. The molecule has 1 saturated heterocycles. The molecule has 2 heteroatoms. The lowest BCUT2D eigenvalue weighted by atomic mass is 10.0. The molecule has 2 rings (SSSR count). The van der Waals surface area contributed by atoms with Gasteiger partial charge < -0.3 is 9.47 Å². The maximum Gasteiger partial charge on any atom is 0.0360 e. The summed E-state index contributed by atoms with van der Waals surface area (Å²) in [5, 5.41) is 0. The molecule has 1 aromatic rings. The van der Waals surface area contributed by atoms with Crippen LogP contribution in [0.2, 0.25) is 0 Å². The Balaban J connectivity index is 1.99. The Morgan fingerprint density at radius 3 is 2.19 bits per heavy atom. The number of aromatic nitrogens is 1. The number of rotatable bonds is 3. The topological polar surface area (TPSA) is 8.17 Å². The zero-order chi connectivity index (χ0) is 11.5. The first-order valence-electron chi connectivity index (χ1n) is 6.59. The largest absolute Gasteiger partial charge is 0.346 e. The first-order valence-corrected chi connectivity index (χ1v) is 6.59. The van der Waals surface area contributed by atoms with Gasteiger partial charge in [-0.05, 0) is 51.8 Å². The van der Waals surface area contributed by atoms with Gasteiger partial charge in [0, 0.05) is 30.5 Å². The number of hydrogen-bond donors (Lipinski definition) is 0. The molecule has 0 bridgehead atoms. The maximum atomic E-state index is 2.60. The molecule has 0 radical (unpaired) electrons. The summed E-state index contributed by atoms with van der Waals surface area (Å²) in [6, 6.07) is 5.23. The molecule has 2 nitrogen and oxygen atoms in total. The van der Waals surface area contributed by atoms with Crippen molar-refractivity contribution in [2.45, 2.75) is 46.1 Å². The van der Waals surface area contributed by atoms with Gasteiger partial charge in [-0.25, -0.2) is 0 Å². The summed E-state index contributed by atoms with van der Waals surface area (Å²) in [5.74, 6) is 0. The van der Waals surface area contributed by atoms with Gasteiger partial charge in [0.15, 0.2) is 0 Å². The molecule has 0 aliphatic carbocycles. The molecule has 1 aliphatic heterocycles. The van der Waals surface area contributed by atoms with Crippen molar-refractivity contribution in [3.63, 3.8) is 0 Å². The fraction of sp³-hybridized carbons (Fsp3) is 0.714. The van der Waals surface area contributed by atoms with E-state index in [1.54, 1.807) is 0 Å². The van der Waals surface area contributed by atoms with E-state index in [-0.39, 0.29) is 0 Å². The van der Waals surface area contributed by atoms with Crippen LogP contribution in [0.1, 0.15) is 43.6 Å². The molecule has 0 unspecified atom stereocenters. The first-order chi connectivity index (χ1) is 7.72. The lowest BCUT2D eigenvalue weighted by Gasteiger charge is -2.33. The molecule has 2 heterocycles. The number of nitrogens with zero attached hydrogens (tertiary/aromatic N) is 2. The third-order valence-electron chi connectivity index (χ3n) is 3.79. The quantitative estimate of drug-likeness (QED) is 0.759. The van der Waals surface area contributed by atoms with Crippen LogP contribution in [0, 0.1) is 13.8 Å². The maximum absolute atomic E-state index is 2.60. The van der Waals surface area contributed by atoms with Gasteiger partial charge in [0.05, 0.1) is 0 Å². The highest BCUT2D eigenvalue weighted by Crippen LogP contribution is 2.26. The summed E-state index contributed by atoms with van der Waals surface area (Å²) in [5.41, 5.74) is 2.85. The summed E-state index contributed by atoms with van der Waals surface area (Å²) in [4.78, 5) is 2.60. The van der Waals surface area contributed by atoms with Gasteiger partial charge in [-0.1, -0.05) is 6.92 Å². The first kappa shape index (κ1) is 11.7. The summed E-state index contributed by atoms with van der Waals surface area (Å²) in [6.07, 6.45) is 3.92. The Morgan fingerprint density at radius 2 is 1.69 bits per heavy atom. The SMILES string of the molecule is CCCN1CCC(n2c(C)ccc2C)CC1. The van der Waals surface area contributed by atoms with E-state index in [0.29, 0.717) is 0 Å². The zero-order valence-electron chi connectivity index (χ0n) is 10.9. The van der Waals surface area contributed by atoms with E-state index in [1.165, 1.54) is 50.3 Å². The summed E-state index contributed by atoms with van der Waals surface area (Å²) < 4.78 is 2.53. The van der Waals surface area contributed by atoms with Crippen LogP contribution >= 0.6 is 0 Å². The van der Waals surface area contributed by atoms with Crippen LogP contribution in [0.3, 0.4) is 0 Å². The standard InChI is InChI=1S/C14H24N2/c1-4-9-15-10-7-14(8-11-15)16-12(2)5-6-13(16)3/h5-6,14H,4,7-11H2,1-3H3. The molecule has 0 atom stereocenters. The second-order valence-corrected chi connectivity index (χ2v) is 5.06. The lowest BCUT2D eigenvalue weighted by molar-refractivity contribution is 0.185. The predicted octanol–water partition coefficient (Wildman–Crippen LogP) is 3.15. The van der Waals surface area contributed by atoms with E-state index in [1.807, 2.05) is 0 Å². The monoisotopic (exact) mass is 220 g/mol. The number of likely N-dealkylation sites (tertiary alicyclic amines) is 1. The number of piperidine rings is 1. The minimum absolute atomic E-state index is 0.739. The normalized spacial score (nSPS) is 19.2. The van der Waals surface area contributed by atoms with Crippen LogP contribution < -0.4 is 0 Å². The van der Waals surface area contributed by atoms with Crippen molar-refractivity contribution in [2.75, 3.05) is 19.6 Å². The van der Waals surface area contributed by atoms with Gasteiger partial charge in [-0.3, -0.25) is 0 Å². The molecule has 0 N–H and O–H groups in total. The van der Waals surface area contributed by atoms with Gasteiger partial charge in [0.1, 0.15) is 0 Å². The third kappa shape index (κ3) is 2.32. The molecule has 1 fully saturated rings.